The highest BCUT2D eigenvalue weighted by atomic mass is 19.1. The fraction of sp³-hybridized carbons (Fsp3) is 0.455. The zero-order chi connectivity index (χ0) is 8.72. The standard InChI is InChI=1S/C11H13F/c1-7-4-6-10(12)11-8(2)3-5-9(7)11/h4,6,8H,3,5H2,1-2H3. The Morgan fingerprint density at radius 3 is 2.83 bits per heavy atom. The minimum Gasteiger partial charge on any atom is -0.207 e. The maximum Gasteiger partial charge on any atom is 0.126 e. The number of benzene rings is 1. The lowest BCUT2D eigenvalue weighted by Crippen LogP contribution is -1.94. The molecule has 0 nitrogen and oxygen atoms in total. The van der Waals surface area contributed by atoms with Gasteiger partial charge in [-0.25, -0.2) is 4.39 Å². The molecule has 1 aliphatic rings. The Hall–Kier alpha value is -0.850. The van der Waals surface area contributed by atoms with Gasteiger partial charge in [0.15, 0.2) is 0 Å². The second-order valence-corrected chi connectivity index (χ2v) is 3.70. The summed E-state index contributed by atoms with van der Waals surface area (Å²) in [5, 5.41) is 0. The number of halogens is 1. The first-order valence-corrected chi connectivity index (χ1v) is 4.48. The molecule has 1 aliphatic carbocycles. The van der Waals surface area contributed by atoms with Crippen LogP contribution in [0.4, 0.5) is 4.39 Å². The molecule has 12 heavy (non-hydrogen) atoms. The van der Waals surface area contributed by atoms with Crippen molar-refractivity contribution < 1.29 is 4.39 Å². The monoisotopic (exact) mass is 164 g/mol. The third-order valence-corrected chi connectivity index (χ3v) is 2.86. The van der Waals surface area contributed by atoms with Crippen LogP contribution < -0.4 is 0 Å². The van der Waals surface area contributed by atoms with E-state index in [4.69, 9.17) is 0 Å². The molecule has 0 heterocycles. The molecule has 1 atom stereocenters. The van der Waals surface area contributed by atoms with E-state index >= 15 is 0 Å². The van der Waals surface area contributed by atoms with Gasteiger partial charge in [0, 0.05) is 0 Å². The first-order valence-electron chi connectivity index (χ1n) is 4.48. The van der Waals surface area contributed by atoms with Gasteiger partial charge in [-0.2, -0.15) is 0 Å². The SMILES string of the molecule is Cc1ccc(F)c2c1CCC2C. The molecule has 0 radical (unpaired) electrons. The van der Waals surface area contributed by atoms with E-state index in [-0.39, 0.29) is 5.82 Å². The molecule has 0 aromatic heterocycles. The average Bonchev–Trinajstić information content (AvgIpc) is 2.42. The van der Waals surface area contributed by atoms with Crippen LogP contribution in [0.15, 0.2) is 12.1 Å². The molecule has 0 aliphatic heterocycles. The van der Waals surface area contributed by atoms with Crippen molar-refractivity contribution in [3.63, 3.8) is 0 Å². The Balaban J connectivity index is 2.64. The summed E-state index contributed by atoms with van der Waals surface area (Å²) in [7, 11) is 0. The summed E-state index contributed by atoms with van der Waals surface area (Å²) in [4.78, 5) is 0. The largest absolute Gasteiger partial charge is 0.207 e. The highest BCUT2D eigenvalue weighted by molar-refractivity contribution is 5.41. The molecule has 64 valence electrons. The summed E-state index contributed by atoms with van der Waals surface area (Å²) in [6, 6.07) is 3.47. The summed E-state index contributed by atoms with van der Waals surface area (Å²) >= 11 is 0. The van der Waals surface area contributed by atoms with E-state index in [2.05, 4.69) is 13.8 Å². The molecule has 1 aromatic carbocycles. The van der Waals surface area contributed by atoms with Crippen molar-refractivity contribution in [2.75, 3.05) is 0 Å². The van der Waals surface area contributed by atoms with Crippen LogP contribution in [0.3, 0.4) is 0 Å². The zero-order valence-electron chi connectivity index (χ0n) is 7.52. The minimum absolute atomic E-state index is 0.0133. The molecule has 0 N–H and O–H groups in total. The van der Waals surface area contributed by atoms with Gasteiger partial charge in [0.25, 0.3) is 0 Å². The van der Waals surface area contributed by atoms with Gasteiger partial charge in [0.1, 0.15) is 5.82 Å². The van der Waals surface area contributed by atoms with Crippen molar-refractivity contribution in [3.05, 3.63) is 34.6 Å². The number of aryl methyl sites for hydroxylation is 1. The first kappa shape index (κ1) is 7.78. The predicted molar refractivity (Wildman–Crippen MR) is 47.9 cm³/mol. The lowest BCUT2D eigenvalue weighted by atomic mass is 10.00. The molecular formula is C11H13F. The normalized spacial score (nSPS) is 21.1. The summed E-state index contributed by atoms with van der Waals surface area (Å²) in [5.41, 5.74) is 3.47. The molecule has 1 aromatic rings. The molecule has 1 heteroatoms. The Morgan fingerprint density at radius 1 is 1.42 bits per heavy atom. The lowest BCUT2D eigenvalue weighted by Gasteiger charge is -2.07. The van der Waals surface area contributed by atoms with Crippen LogP contribution in [-0.4, -0.2) is 0 Å². The van der Waals surface area contributed by atoms with Crippen molar-refractivity contribution in [3.8, 4) is 0 Å². The third kappa shape index (κ3) is 0.961. The van der Waals surface area contributed by atoms with E-state index in [1.165, 1.54) is 11.1 Å². The van der Waals surface area contributed by atoms with Crippen LogP contribution in [0.5, 0.6) is 0 Å². The number of hydrogen-bond acceptors (Lipinski definition) is 0. The van der Waals surface area contributed by atoms with E-state index in [9.17, 15) is 4.39 Å². The molecule has 0 saturated carbocycles. The number of fused-ring (bicyclic) bond motifs is 1. The van der Waals surface area contributed by atoms with Crippen molar-refractivity contribution in [1.29, 1.82) is 0 Å². The second kappa shape index (κ2) is 2.58. The molecule has 0 saturated heterocycles. The Labute approximate surface area is 72.4 Å². The number of hydrogen-bond donors (Lipinski definition) is 0. The molecule has 0 fully saturated rings. The van der Waals surface area contributed by atoms with E-state index < -0.39 is 0 Å². The van der Waals surface area contributed by atoms with Crippen molar-refractivity contribution >= 4 is 0 Å². The van der Waals surface area contributed by atoms with Gasteiger partial charge >= 0.3 is 0 Å². The molecule has 2 rings (SSSR count). The van der Waals surface area contributed by atoms with Gasteiger partial charge in [0.05, 0.1) is 0 Å². The lowest BCUT2D eigenvalue weighted by molar-refractivity contribution is 0.595. The van der Waals surface area contributed by atoms with Gasteiger partial charge in [-0.15, -0.1) is 0 Å². The van der Waals surface area contributed by atoms with Crippen molar-refractivity contribution in [2.24, 2.45) is 0 Å². The Morgan fingerprint density at radius 2 is 2.17 bits per heavy atom. The molecule has 1 unspecified atom stereocenters. The Kier molecular flexibility index (Phi) is 1.67. The van der Waals surface area contributed by atoms with Crippen LogP contribution in [0.1, 0.15) is 36.0 Å². The molecule has 0 amide bonds. The Bertz CT molecular complexity index is 315. The predicted octanol–water partition coefficient (Wildman–Crippen LogP) is 3.18. The minimum atomic E-state index is -0.0133. The van der Waals surface area contributed by atoms with Crippen LogP contribution in [0.2, 0.25) is 0 Å². The van der Waals surface area contributed by atoms with Crippen LogP contribution in [-0.2, 0) is 6.42 Å². The van der Waals surface area contributed by atoms with Gasteiger partial charge in [0.2, 0.25) is 0 Å². The van der Waals surface area contributed by atoms with Gasteiger partial charge in [-0.05, 0) is 48.4 Å². The second-order valence-electron chi connectivity index (χ2n) is 3.70. The fourth-order valence-corrected chi connectivity index (χ4v) is 2.11. The van der Waals surface area contributed by atoms with Gasteiger partial charge < -0.3 is 0 Å². The molecule has 0 spiro atoms. The summed E-state index contributed by atoms with van der Waals surface area (Å²) in [5.74, 6) is 0.403. The van der Waals surface area contributed by atoms with Crippen LogP contribution >= 0.6 is 0 Å². The zero-order valence-corrected chi connectivity index (χ0v) is 7.52. The highest BCUT2D eigenvalue weighted by Crippen LogP contribution is 2.36. The molecular weight excluding hydrogens is 151 g/mol. The average molecular weight is 164 g/mol. The highest BCUT2D eigenvalue weighted by Gasteiger charge is 2.23. The van der Waals surface area contributed by atoms with Gasteiger partial charge in [-0.1, -0.05) is 13.0 Å². The smallest absolute Gasteiger partial charge is 0.126 e. The molecule has 0 bridgehead atoms. The first-order chi connectivity index (χ1) is 5.70. The van der Waals surface area contributed by atoms with E-state index in [0.717, 1.165) is 18.4 Å². The van der Waals surface area contributed by atoms with E-state index in [0.29, 0.717) is 5.92 Å². The topological polar surface area (TPSA) is 0 Å². The van der Waals surface area contributed by atoms with Crippen LogP contribution in [0.25, 0.3) is 0 Å². The van der Waals surface area contributed by atoms with Gasteiger partial charge in [-0.3, -0.25) is 0 Å². The number of rotatable bonds is 0. The third-order valence-electron chi connectivity index (χ3n) is 2.86. The van der Waals surface area contributed by atoms with Crippen LogP contribution in [0, 0.1) is 12.7 Å². The maximum absolute atomic E-state index is 13.3. The quantitative estimate of drug-likeness (QED) is 0.552. The summed E-state index contributed by atoms with van der Waals surface area (Å²) in [6.45, 7) is 4.17. The summed E-state index contributed by atoms with van der Waals surface area (Å²) < 4.78 is 13.3. The van der Waals surface area contributed by atoms with E-state index in [1.807, 2.05) is 6.07 Å². The van der Waals surface area contributed by atoms with Crippen molar-refractivity contribution in [2.45, 2.75) is 32.6 Å². The maximum atomic E-state index is 13.3. The fourth-order valence-electron chi connectivity index (χ4n) is 2.11. The van der Waals surface area contributed by atoms with Crippen molar-refractivity contribution in [1.82, 2.24) is 0 Å². The summed E-state index contributed by atoms with van der Waals surface area (Å²) in [6.07, 6.45) is 2.16. The van der Waals surface area contributed by atoms with E-state index in [1.54, 1.807) is 6.07 Å².